The van der Waals surface area contributed by atoms with Gasteiger partial charge in [0, 0.05) is 44.5 Å². The number of nitrogens with zero attached hydrogens (tertiary/aromatic N) is 3. The molecule has 0 atom stereocenters. The van der Waals surface area contributed by atoms with Crippen molar-refractivity contribution in [3.63, 3.8) is 0 Å². The van der Waals surface area contributed by atoms with Crippen LogP contribution in [0.3, 0.4) is 0 Å². The van der Waals surface area contributed by atoms with Gasteiger partial charge < -0.3 is 15.5 Å². The van der Waals surface area contributed by atoms with E-state index in [0.29, 0.717) is 6.04 Å². The van der Waals surface area contributed by atoms with Gasteiger partial charge in [-0.25, -0.2) is 0 Å². The van der Waals surface area contributed by atoms with Crippen molar-refractivity contribution in [3.8, 4) is 0 Å². The summed E-state index contributed by atoms with van der Waals surface area (Å²) in [5.74, 6) is 0. The number of nitrogens with one attached hydrogen (secondary N) is 2. The van der Waals surface area contributed by atoms with E-state index < -0.39 is 0 Å². The maximum atomic E-state index is 4.79. The zero-order valence-corrected chi connectivity index (χ0v) is 18.7. The molecule has 2 N–H and O–H groups in total. The van der Waals surface area contributed by atoms with Gasteiger partial charge in [-0.3, -0.25) is 4.68 Å². The molecule has 1 aliphatic carbocycles. The molecule has 2 aromatic rings. The number of anilines is 1. The average molecular weight is 438 g/mol. The smallest absolute Gasteiger partial charge is 0.0765 e. The van der Waals surface area contributed by atoms with Gasteiger partial charge in [0.2, 0.25) is 0 Å². The van der Waals surface area contributed by atoms with E-state index in [1.807, 2.05) is 0 Å². The normalized spacial score (nSPS) is 19.0. The molecule has 0 bridgehead atoms. The number of aromatic nitrogens is 2. The van der Waals surface area contributed by atoms with E-state index in [-0.39, 0.29) is 24.8 Å². The Morgan fingerprint density at radius 3 is 2.69 bits per heavy atom. The number of hydrogen-bond acceptors (Lipinski definition) is 4. The summed E-state index contributed by atoms with van der Waals surface area (Å²) in [6.07, 6.45) is 7.47. The first-order valence-electron chi connectivity index (χ1n) is 10.7. The van der Waals surface area contributed by atoms with Gasteiger partial charge in [0.05, 0.1) is 11.4 Å². The number of rotatable bonds is 4. The van der Waals surface area contributed by atoms with Gasteiger partial charge in [-0.05, 0) is 74.4 Å². The van der Waals surface area contributed by atoms with Crippen molar-refractivity contribution in [2.24, 2.45) is 0 Å². The summed E-state index contributed by atoms with van der Waals surface area (Å²) < 4.78 is 2.19. The topological polar surface area (TPSA) is 45.1 Å². The standard InChI is InChI=1S/C22H31N5.2ClH/c1-3-17-5-6-21(13-18(17)4-1)26-11-7-19(8-12-26)24-15-20-14-22-16-23-9-2-10-27(22)25-20;;/h5-6,13-14,19,23-24H,1-4,7-12,15-16H2;2*1H. The van der Waals surface area contributed by atoms with E-state index >= 15 is 0 Å². The second-order valence-electron chi connectivity index (χ2n) is 8.33. The minimum absolute atomic E-state index is 0. The second kappa shape index (κ2) is 10.2. The molecule has 1 aromatic carbocycles. The molecule has 160 valence electrons. The fourth-order valence-corrected chi connectivity index (χ4v) is 4.85. The summed E-state index contributed by atoms with van der Waals surface area (Å²) in [5, 5.41) is 12.0. The van der Waals surface area contributed by atoms with Crippen LogP contribution in [0.25, 0.3) is 0 Å². The van der Waals surface area contributed by atoms with Crippen LogP contribution in [0.1, 0.15) is 48.2 Å². The van der Waals surface area contributed by atoms with Crippen LogP contribution in [0.5, 0.6) is 0 Å². The molecule has 1 saturated heterocycles. The van der Waals surface area contributed by atoms with Crippen molar-refractivity contribution in [1.82, 2.24) is 20.4 Å². The zero-order chi connectivity index (χ0) is 18.1. The van der Waals surface area contributed by atoms with Crippen LogP contribution in [0.2, 0.25) is 0 Å². The lowest BCUT2D eigenvalue weighted by atomic mass is 10.0. The predicted molar refractivity (Wildman–Crippen MR) is 124 cm³/mol. The van der Waals surface area contributed by atoms with Crippen molar-refractivity contribution in [2.45, 2.75) is 64.2 Å². The van der Waals surface area contributed by atoms with Gasteiger partial charge in [-0.15, -0.1) is 24.8 Å². The number of piperidine rings is 1. The molecule has 1 aromatic heterocycles. The van der Waals surface area contributed by atoms with Crippen molar-refractivity contribution >= 4 is 30.5 Å². The quantitative estimate of drug-likeness (QED) is 0.768. The number of halogens is 2. The Labute approximate surface area is 186 Å². The van der Waals surface area contributed by atoms with Gasteiger partial charge in [0.1, 0.15) is 0 Å². The van der Waals surface area contributed by atoms with Crippen molar-refractivity contribution in [3.05, 3.63) is 46.8 Å². The van der Waals surface area contributed by atoms with Crippen molar-refractivity contribution in [1.29, 1.82) is 0 Å². The third-order valence-electron chi connectivity index (χ3n) is 6.46. The maximum Gasteiger partial charge on any atom is 0.0765 e. The van der Waals surface area contributed by atoms with Crippen LogP contribution >= 0.6 is 24.8 Å². The summed E-state index contributed by atoms with van der Waals surface area (Å²) in [6.45, 7) is 6.29. The van der Waals surface area contributed by atoms with E-state index in [1.54, 1.807) is 11.1 Å². The van der Waals surface area contributed by atoms with Gasteiger partial charge in [0.15, 0.2) is 0 Å². The van der Waals surface area contributed by atoms with Crippen molar-refractivity contribution in [2.75, 3.05) is 24.5 Å². The molecule has 5 rings (SSSR count). The highest BCUT2D eigenvalue weighted by Crippen LogP contribution is 2.28. The molecule has 3 aliphatic rings. The van der Waals surface area contributed by atoms with Crippen LogP contribution in [0.4, 0.5) is 5.69 Å². The number of fused-ring (bicyclic) bond motifs is 2. The summed E-state index contributed by atoms with van der Waals surface area (Å²) in [5.41, 5.74) is 7.11. The Morgan fingerprint density at radius 1 is 1.00 bits per heavy atom. The van der Waals surface area contributed by atoms with Crippen molar-refractivity contribution < 1.29 is 0 Å². The van der Waals surface area contributed by atoms with E-state index in [0.717, 1.165) is 39.3 Å². The van der Waals surface area contributed by atoms with E-state index in [9.17, 15) is 0 Å². The maximum absolute atomic E-state index is 4.79. The lowest BCUT2D eigenvalue weighted by Gasteiger charge is -2.34. The summed E-state index contributed by atoms with van der Waals surface area (Å²) >= 11 is 0. The Kier molecular flexibility index (Phi) is 7.85. The van der Waals surface area contributed by atoms with Crippen LogP contribution in [0.15, 0.2) is 24.3 Å². The lowest BCUT2D eigenvalue weighted by Crippen LogP contribution is -2.42. The van der Waals surface area contributed by atoms with E-state index in [2.05, 4.69) is 44.5 Å². The van der Waals surface area contributed by atoms with Gasteiger partial charge in [-0.1, -0.05) is 6.07 Å². The molecule has 2 aliphatic heterocycles. The van der Waals surface area contributed by atoms with E-state index in [4.69, 9.17) is 5.10 Å². The molecular formula is C22H33Cl2N5. The summed E-state index contributed by atoms with van der Waals surface area (Å²) in [6, 6.07) is 10.0. The first-order valence-corrected chi connectivity index (χ1v) is 10.7. The van der Waals surface area contributed by atoms with Gasteiger partial charge in [-0.2, -0.15) is 5.10 Å². The largest absolute Gasteiger partial charge is 0.371 e. The highest BCUT2D eigenvalue weighted by molar-refractivity contribution is 5.85. The summed E-state index contributed by atoms with van der Waals surface area (Å²) in [7, 11) is 0. The predicted octanol–water partition coefficient (Wildman–Crippen LogP) is 3.47. The number of benzene rings is 1. The second-order valence-corrected chi connectivity index (χ2v) is 8.33. The molecule has 0 unspecified atom stereocenters. The Balaban J connectivity index is 0.00000120. The molecule has 0 radical (unpaired) electrons. The molecule has 29 heavy (non-hydrogen) atoms. The lowest BCUT2D eigenvalue weighted by molar-refractivity contribution is 0.410. The Hall–Kier alpha value is -1.27. The number of hydrogen-bond donors (Lipinski definition) is 2. The fourth-order valence-electron chi connectivity index (χ4n) is 4.85. The van der Waals surface area contributed by atoms with E-state index in [1.165, 1.54) is 55.6 Å². The summed E-state index contributed by atoms with van der Waals surface area (Å²) in [4.78, 5) is 2.57. The third kappa shape index (κ3) is 5.08. The molecule has 1 fully saturated rings. The zero-order valence-electron chi connectivity index (χ0n) is 17.0. The van der Waals surface area contributed by atoms with Crippen LogP contribution in [-0.4, -0.2) is 35.5 Å². The van der Waals surface area contributed by atoms with Crippen LogP contribution < -0.4 is 15.5 Å². The first kappa shape index (κ1) is 22.4. The molecular weight excluding hydrogens is 405 g/mol. The Bertz CT molecular complexity index is 775. The molecule has 7 heteroatoms. The minimum Gasteiger partial charge on any atom is -0.371 e. The van der Waals surface area contributed by atoms with Gasteiger partial charge in [0.25, 0.3) is 0 Å². The molecule has 3 heterocycles. The molecule has 0 saturated carbocycles. The SMILES string of the molecule is Cl.Cl.c1cc2c(cc1N1CCC(NCc3cc4n(n3)CCCNC4)CC1)CCC2. The minimum atomic E-state index is 0. The van der Waals surface area contributed by atoms with Gasteiger partial charge >= 0.3 is 0 Å². The first-order chi connectivity index (χ1) is 13.3. The molecule has 5 nitrogen and oxygen atoms in total. The fraction of sp³-hybridized carbons (Fsp3) is 0.591. The van der Waals surface area contributed by atoms with Crippen LogP contribution in [0, 0.1) is 0 Å². The van der Waals surface area contributed by atoms with Crippen LogP contribution in [-0.2, 0) is 32.5 Å². The third-order valence-corrected chi connectivity index (χ3v) is 6.46. The number of aryl methyl sites for hydroxylation is 3. The highest BCUT2D eigenvalue weighted by Gasteiger charge is 2.21. The average Bonchev–Trinajstić information content (AvgIpc) is 3.27. The monoisotopic (exact) mass is 437 g/mol. The molecule has 0 spiro atoms. The Morgan fingerprint density at radius 2 is 1.83 bits per heavy atom. The molecule has 0 amide bonds. The highest BCUT2D eigenvalue weighted by atomic mass is 35.5.